The Morgan fingerprint density at radius 3 is 3.04 bits per heavy atom. The van der Waals surface area contributed by atoms with Gasteiger partial charge in [-0.25, -0.2) is 9.97 Å². The number of nitrogens with one attached hydrogen (secondary N) is 1. The minimum Gasteiger partial charge on any atom is -0.356 e. The fourth-order valence-electron chi connectivity index (χ4n) is 3.31. The molecule has 128 valence electrons. The van der Waals surface area contributed by atoms with Gasteiger partial charge in [0, 0.05) is 17.3 Å². The molecule has 1 aliphatic rings. The molecule has 1 amide bonds. The second-order valence-electron chi connectivity index (χ2n) is 7.36. The SMILES string of the molecule is CC1(C)CCc2nc(NC(=O)Cc3noc4ccccc34)ncc2C1. The number of hydrogen-bond donors (Lipinski definition) is 1. The molecule has 0 radical (unpaired) electrons. The molecule has 1 N–H and O–H groups in total. The number of hydrogen-bond acceptors (Lipinski definition) is 5. The number of amides is 1. The van der Waals surface area contributed by atoms with Crippen molar-refractivity contribution in [1.29, 1.82) is 0 Å². The molecule has 1 aliphatic carbocycles. The van der Waals surface area contributed by atoms with Crippen LogP contribution in [0.3, 0.4) is 0 Å². The molecule has 1 aromatic carbocycles. The molecule has 0 fully saturated rings. The highest BCUT2D eigenvalue weighted by molar-refractivity contribution is 5.93. The zero-order valence-corrected chi connectivity index (χ0v) is 14.4. The van der Waals surface area contributed by atoms with E-state index in [2.05, 4.69) is 34.3 Å². The third-order valence-electron chi connectivity index (χ3n) is 4.69. The monoisotopic (exact) mass is 336 g/mol. The molecule has 2 heterocycles. The molecule has 0 aliphatic heterocycles. The molecule has 3 aromatic rings. The van der Waals surface area contributed by atoms with Crippen LogP contribution in [0.2, 0.25) is 0 Å². The lowest BCUT2D eigenvalue weighted by Crippen LogP contribution is -2.24. The summed E-state index contributed by atoms with van der Waals surface area (Å²) in [7, 11) is 0. The van der Waals surface area contributed by atoms with Gasteiger partial charge >= 0.3 is 0 Å². The van der Waals surface area contributed by atoms with Crippen molar-refractivity contribution in [3.05, 3.63) is 47.4 Å². The van der Waals surface area contributed by atoms with Gasteiger partial charge in [0.15, 0.2) is 5.58 Å². The van der Waals surface area contributed by atoms with Crippen LogP contribution < -0.4 is 5.32 Å². The van der Waals surface area contributed by atoms with Crippen LogP contribution in [-0.2, 0) is 24.1 Å². The van der Waals surface area contributed by atoms with Crippen molar-refractivity contribution in [2.24, 2.45) is 5.41 Å². The normalized spacial score (nSPS) is 15.8. The van der Waals surface area contributed by atoms with E-state index < -0.39 is 0 Å². The first-order chi connectivity index (χ1) is 12.0. The van der Waals surface area contributed by atoms with Crippen molar-refractivity contribution in [2.75, 3.05) is 5.32 Å². The van der Waals surface area contributed by atoms with Gasteiger partial charge in [-0.2, -0.15) is 0 Å². The largest absolute Gasteiger partial charge is 0.356 e. The number of carbonyl (C=O) groups excluding carboxylic acids is 1. The van der Waals surface area contributed by atoms with Gasteiger partial charge in [0.25, 0.3) is 0 Å². The predicted molar refractivity (Wildman–Crippen MR) is 94.2 cm³/mol. The van der Waals surface area contributed by atoms with Crippen molar-refractivity contribution < 1.29 is 9.32 Å². The average molecular weight is 336 g/mol. The van der Waals surface area contributed by atoms with E-state index in [4.69, 9.17) is 4.52 Å². The van der Waals surface area contributed by atoms with Gasteiger partial charge in [-0.05, 0) is 42.4 Å². The summed E-state index contributed by atoms with van der Waals surface area (Å²) in [6.45, 7) is 4.52. The molecule has 6 heteroatoms. The minimum atomic E-state index is -0.199. The van der Waals surface area contributed by atoms with Gasteiger partial charge in [0.2, 0.25) is 11.9 Å². The van der Waals surface area contributed by atoms with Crippen LogP contribution in [0.5, 0.6) is 0 Å². The summed E-state index contributed by atoms with van der Waals surface area (Å²) in [6.07, 6.45) is 4.95. The smallest absolute Gasteiger partial charge is 0.232 e. The van der Waals surface area contributed by atoms with Crippen molar-refractivity contribution in [2.45, 2.75) is 39.5 Å². The molecule has 6 nitrogen and oxygen atoms in total. The first-order valence-electron chi connectivity index (χ1n) is 8.48. The van der Waals surface area contributed by atoms with Gasteiger partial charge in [-0.15, -0.1) is 0 Å². The molecular formula is C19H20N4O2. The Labute approximate surface area is 145 Å². The van der Waals surface area contributed by atoms with Crippen LogP contribution in [0.4, 0.5) is 5.95 Å². The number of carbonyl (C=O) groups is 1. The molecule has 25 heavy (non-hydrogen) atoms. The summed E-state index contributed by atoms with van der Waals surface area (Å²) in [6, 6.07) is 7.50. The lowest BCUT2D eigenvalue weighted by atomic mass is 9.76. The summed E-state index contributed by atoms with van der Waals surface area (Å²) in [5.41, 5.74) is 3.80. The van der Waals surface area contributed by atoms with Gasteiger partial charge in [-0.3, -0.25) is 10.1 Å². The Balaban J connectivity index is 1.48. The standard InChI is InChI=1S/C19H20N4O2/c1-19(2)8-7-14-12(10-19)11-20-18(21-14)22-17(24)9-15-13-5-3-4-6-16(13)25-23-15/h3-6,11H,7-10H2,1-2H3,(H,20,21,22,24). The van der Waals surface area contributed by atoms with Crippen molar-refractivity contribution in [3.8, 4) is 0 Å². The third kappa shape index (κ3) is 3.24. The van der Waals surface area contributed by atoms with Crippen LogP contribution in [-0.4, -0.2) is 21.0 Å². The fourth-order valence-corrected chi connectivity index (χ4v) is 3.31. The van der Waals surface area contributed by atoms with E-state index in [0.29, 0.717) is 17.2 Å². The van der Waals surface area contributed by atoms with Gasteiger partial charge < -0.3 is 4.52 Å². The van der Waals surface area contributed by atoms with Crippen LogP contribution in [0.1, 0.15) is 37.2 Å². The molecule has 4 rings (SSSR count). The molecule has 0 bridgehead atoms. The zero-order valence-electron chi connectivity index (χ0n) is 14.4. The Kier molecular flexibility index (Phi) is 3.75. The second kappa shape index (κ2) is 5.95. The van der Waals surface area contributed by atoms with Crippen LogP contribution >= 0.6 is 0 Å². The van der Waals surface area contributed by atoms with Gasteiger partial charge in [-0.1, -0.05) is 31.1 Å². The molecule has 2 aromatic heterocycles. The number of para-hydroxylation sites is 1. The summed E-state index contributed by atoms with van der Waals surface area (Å²) < 4.78 is 5.23. The Morgan fingerprint density at radius 2 is 2.16 bits per heavy atom. The number of nitrogens with zero attached hydrogens (tertiary/aromatic N) is 3. The molecule has 0 atom stereocenters. The zero-order chi connectivity index (χ0) is 17.4. The van der Waals surface area contributed by atoms with Crippen molar-refractivity contribution in [3.63, 3.8) is 0 Å². The molecule has 0 unspecified atom stereocenters. The van der Waals surface area contributed by atoms with E-state index in [0.717, 1.165) is 30.3 Å². The second-order valence-corrected chi connectivity index (χ2v) is 7.36. The van der Waals surface area contributed by atoms with Crippen LogP contribution in [0.15, 0.2) is 35.0 Å². The van der Waals surface area contributed by atoms with Crippen LogP contribution in [0.25, 0.3) is 11.0 Å². The highest BCUT2D eigenvalue weighted by atomic mass is 16.5. The van der Waals surface area contributed by atoms with Gasteiger partial charge in [0.05, 0.1) is 6.42 Å². The number of benzene rings is 1. The fraction of sp³-hybridized carbons (Fsp3) is 0.368. The van der Waals surface area contributed by atoms with Crippen molar-refractivity contribution >= 4 is 22.8 Å². The maximum Gasteiger partial charge on any atom is 0.232 e. The average Bonchev–Trinajstić information content (AvgIpc) is 2.97. The molecule has 0 saturated carbocycles. The van der Waals surface area contributed by atoms with E-state index in [1.54, 1.807) is 0 Å². The quantitative estimate of drug-likeness (QED) is 0.793. The Bertz CT molecular complexity index is 946. The lowest BCUT2D eigenvalue weighted by Gasteiger charge is -2.30. The highest BCUT2D eigenvalue weighted by Gasteiger charge is 2.26. The Morgan fingerprint density at radius 1 is 1.32 bits per heavy atom. The van der Waals surface area contributed by atoms with Gasteiger partial charge in [0.1, 0.15) is 5.69 Å². The van der Waals surface area contributed by atoms with E-state index in [-0.39, 0.29) is 17.7 Å². The molecule has 0 saturated heterocycles. The number of aromatic nitrogens is 3. The molecule has 0 spiro atoms. The predicted octanol–water partition coefficient (Wildman–Crippen LogP) is 3.31. The van der Waals surface area contributed by atoms with Crippen LogP contribution in [0, 0.1) is 5.41 Å². The summed E-state index contributed by atoms with van der Waals surface area (Å²) >= 11 is 0. The number of anilines is 1. The van der Waals surface area contributed by atoms with E-state index in [9.17, 15) is 4.79 Å². The first kappa shape index (κ1) is 15.7. The lowest BCUT2D eigenvalue weighted by molar-refractivity contribution is -0.115. The Hall–Kier alpha value is -2.76. The van der Waals surface area contributed by atoms with E-state index >= 15 is 0 Å². The van der Waals surface area contributed by atoms with E-state index in [1.807, 2.05) is 30.5 Å². The first-order valence-corrected chi connectivity index (χ1v) is 8.48. The minimum absolute atomic E-state index is 0.129. The number of fused-ring (bicyclic) bond motifs is 2. The third-order valence-corrected chi connectivity index (χ3v) is 4.69. The molecular weight excluding hydrogens is 316 g/mol. The van der Waals surface area contributed by atoms with E-state index in [1.165, 1.54) is 5.56 Å². The summed E-state index contributed by atoms with van der Waals surface area (Å²) in [5.74, 6) is 0.159. The summed E-state index contributed by atoms with van der Waals surface area (Å²) in [4.78, 5) is 21.1. The number of rotatable bonds is 3. The van der Waals surface area contributed by atoms with Crippen molar-refractivity contribution in [1.82, 2.24) is 15.1 Å². The summed E-state index contributed by atoms with van der Waals surface area (Å²) in [5, 5.41) is 7.61. The topological polar surface area (TPSA) is 80.9 Å². The number of aryl methyl sites for hydroxylation is 1. The highest BCUT2D eigenvalue weighted by Crippen LogP contribution is 2.33. The maximum atomic E-state index is 12.3. The maximum absolute atomic E-state index is 12.3.